The maximum atomic E-state index is 6.11. The molecule has 0 bridgehead atoms. The zero-order valence-corrected chi connectivity index (χ0v) is 16.8. The minimum absolute atomic E-state index is 0.371. The van der Waals surface area contributed by atoms with Crippen molar-refractivity contribution in [3.05, 3.63) is 18.2 Å². The van der Waals surface area contributed by atoms with Crippen LogP contribution in [0.2, 0.25) is 0 Å². The van der Waals surface area contributed by atoms with Crippen LogP contribution in [0.3, 0.4) is 0 Å². The van der Waals surface area contributed by atoms with Crippen molar-refractivity contribution in [2.45, 2.75) is 52.7 Å². The highest BCUT2D eigenvalue weighted by atomic mass is 28.4. The molecule has 1 aromatic rings. The summed E-state index contributed by atoms with van der Waals surface area (Å²) >= 11 is 0. The van der Waals surface area contributed by atoms with Gasteiger partial charge in [0, 0.05) is 21.3 Å². The van der Waals surface area contributed by atoms with Gasteiger partial charge in [-0.15, -0.1) is 0 Å². The summed E-state index contributed by atoms with van der Waals surface area (Å²) in [5.41, 5.74) is -0.741. The first-order valence-electron chi connectivity index (χ1n) is 7.65. The second kappa shape index (κ2) is 7.21. The predicted octanol–water partition coefficient (Wildman–Crippen LogP) is 3.13. The van der Waals surface area contributed by atoms with Crippen molar-refractivity contribution in [1.82, 2.24) is 0 Å². The lowest BCUT2D eigenvalue weighted by Crippen LogP contribution is -2.56. The van der Waals surface area contributed by atoms with Gasteiger partial charge in [0.15, 0.2) is 0 Å². The van der Waals surface area contributed by atoms with Crippen LogP contribution in [-0.2, 0) is 13.3 Å². The zero-order chi connectivity index (χ0) is 17.9. The predicted molar refractivity (Wildman–Crippen MR) is 93.6 cm³/mol. The molecule has 1 rings (SSSR count). The number of benzene rings is 1. The maximum absolute atomic E-state index is 6.11. The summed E-state index contributed by atoms with van der Waals surface area (Å²) in [7, 11) is 1.60. The second-order valence-corrected chi connectivity index (χ2v) is 10.1. The van der Waals surface area contributed by atoms with E-state index in [9.17, 15) is 0 Å². The van der Waals surface area contributed by atoms with E-state index in [1.807, 2.05) is 59.7 Å². The van der Waals surface area contributed by atoms with Crippen LogP contribution in [0, 0.1) is 0 Å². The fourth-order valence-electron chi connectivity index (χ4n) is 2.20. The SMILES string of the molecule is CO[Si](OC)(OC)c1c(OC(C)(C)C)cccc1OC(C)(C)C. The molecule has 0 unspecified atom stereocenters. The average molecular weight is 343 g/mol. The zero-order valence-electron chi connectivity index (χ0n) is 15.8. The molecule has 23 heavy (non-hydrogen) atoms. The van der Waals surface area contributed by atoms with E-state index in [1.165, 1.54) is 0 Å². The van der Waals surface area contributed by atoms with Gasteiger partial charge < -0.3 is 22.8 Å². The van der Waals surface area contributed by atoms with Crippen LogP contribution in [0.4, 0.5) is 0 Å². The number of hydrogen-bond acceptors (Lipinski definition) is 5. The van der Waals surface area contributed by atoms with E-state index < -0.39 is 8.80 Å². The van der Waals surface area contributed by atoms with E-state index in [-0.39, 0.29) is 11.2 Å². The van der Waals surface area contributed by atoms with Crippen molar-refractivity contribution in [2.75, 3.05) is 21.3 Å². The molecule has 0 aliphatic rings. The Bertz CT molecular complexity index is 470. The molecule has 0 aliphatic heterocycles. The van der Waals surface area contributed by atoms with Crippen LogP contribution < -0.4 is 14.7 Å². The van der Waals surface area contributed by atoms with E-state index in [4.69, 9.17) is 22.8 Å². The van der Waals surface area contributed by atoms with Crippen molar-refractivity contribution < 1.29 is 22.8 Å². The lowest BCUT2D eigenvalue weighted by atomic mass is 10.2. The largest absolute Gasteiger partial charge is 0.544 e. The van der Waals surface area contributed by atoms with Gasteiger partial charge in [0.2, 0.25) is 0 Å². The third kappa shape index (κ3) is 5.21. The molecule has 0 saturated heterocycles. The van der Waals surface area contributed by atoms with E-state index >= 15 is 0 Å². The highest BCUT2D eigenvalue weighted by Crippen LogP contribution is 2.28. The van der Waals surface area contributed by atoms with Gasteiger partial charge in [0.25, 0.3) is 0 Å². The summed E-state index contributed by atoms with van der Waals surface area (Å²) in [6.45, 7) is 11.9. The molecular weight excluding hydrogens is 312 g/mol. The lowest BCUT2D eigenvalue weighted by molar-refractivity contribution is 0.112. The van der Waals surface area contributed by atoms with Gasteiger partial charge in [-0.3, -0.25) is 0 Å². The summed E-state index contributed by atoms with van der Waals surface area (Å²) in [6, 6.07) is 5.66. The van der Waals surface area contributed by atoms with Gasteiger partial charge in [-0.2, -0.15) is 0 Å². The average Bonchev–Trinajstić information content (AvgIpc) is 2.40. The summed E-state index contributed by atoms with van der Waals surface area (Å²) in [6.07, 6.45) is 0. The number of ether oxygens (including phenoxy) is 2. The second-order valence-electron chi connectivity index (χ2n) is 7.23. The summed E-state index contributed by atoms with van der Waals surface area (Å²) < 4.78 is 29.2. The monoisotopic (exact) mass is 342 g/mol. The molecule has 0 amide bonds. The topological polar surface area (TPSA) is 46.2 Å². The molecule has 0 radical (unpaired) electrons. The molecule has 6 heteroatoms. The van der Waals surface area contributed by atoms with Crippen LogP contribution >= 0.6 is 0 Å². The van der Waals surface area contributed by atoms with Gasteiger partial charge in [-0.1, -0.05) is 6.07 Å². The maximum Gasteiger partial charge on any atom is 0.544 e. The van der Waals surface area contributed by atoms with Crippen LogP contribution in [0.15, 0.2) is 18.2 Å². The van der Waals surface area contributed by atoms with Gasteiger partial charge in [0.05, 0.1) is 0 Å². The summed E-state index contributed by atoms with van der Waals surface area (Å²) in [4.78, 5) is 0. The first-order chi connectivity index (χ1) is 10.5. The van der Waals surface area contributed by atoms with E-state index in [2.05, 4.69) is 0 Å². The molecule has 0 heterocycles. The Labute approximate surface area is 141 Å². The van der Waals surface area contributed by atoms with Crippen molar-refractivity contribution in [3.63, 3.8) is 0 Å². The highest BCUT2D eigenvalue weighted by Gasteiger charge is 2.47. The molecule has 0 N–H and O–H groups in total. The fourth-order valence-corrected chi connectivity index (χ4v) is 4.18. The van der Waals surface area contributed by atoms with Gasteiger partial charge in [-0.25, -0.2) is 0 Å². The Morgan fingerprint density at radius 3 is 1.30 bits per heavy atom. The Balaban J connectivity index is 3.56. The Morgan fingerprint density at radius 2 is 1.04 bits per heavy atom. The Morgan fingerprint density at radius 1 is 0.696 bits per heavy atom. The first kappa shape index (κ1) is 20.0. The third-order valence-corrected chi connectivity index (χ3v) is 5.65. The first-order valence-corrected chi connectivity index (χ1v) is 9.37. The molecule has 0 aromatic heterocycles. The smallest absolute Gasteiger partial charge is 0.488 e. The Kier molecular flexibility index (Phi) is 6.26. The molecule has 0 fully saturated rings. The molecular formula is C17H30O5Si. The van der Waals surface area contributed by atoms with E-state index in [1.54, 1.807) is 21.3 Å². The van der Waals surface area contributed by atoms with E-state index in [0.717, 1.165) is 0 Å². The molecule has 0 atom stereocenters. The number of hydrogen-bond donors (Lipinski definition) is 0. The van der Waals surface area contributed by atoms with Crippen molar-refractivity contribution in [3.8, 4) is 11.5 Å². The fraction of sp³-hybridized carbons (Fsp3) is 0.647. The molecule has 1 aromatic carbocycles. The van der Waals surface area contributed by atoms with Crippen LogP contribution in [0.5, 0.6) is 11.5 Å². The summed E-state index contributed by atoms with van der Waals surface area (Å²) in [5.74, 6) is 1.30. The lowest BCUT2D eigenvalue weighted by Gasteiger charge is -2.32. The van der Waals surface area contributed by atoms with Gasteiger partial charge in [0.1, 0.15) is 27.9 Å². The molecule has 5 nitrogen and oxygen atoms in total. The Hall–Kier alpha value is -1.08. The van der Waals surface area contributed by atoms with Crippen LogP contribution in [0.25, 0.3) is 0 Å². The molecule has 0 aliphatic carbocycles. The van der Waals surface area contributed by atoms with Crippen molar-refractivity contribution >= 4 is 14.0 Å². The third-order valence-electron chi connectivity index (χ3n) is 2.93. The molecule has 0 saturated carbocycles. The molecule has 132 valence electrons. The quantitative estimate of drug-likeness (QED) is 0.743. The van der Waals surface area contributed by atoms with Crippen LogP contribution in [-0.4, -0.2) is 41.3 Å². The normalized spacial score (nSPS) is 13.1. The van der Waals surface area contributed by atoms with Crippen molar-refractivity contribution in [2.24, 2.45) is 0 Å². The van der Waals surface area contributed by atoms with Crippen LogP contribution in [0.1, 0.15) is 41.5 Å². The van der Waals surface area contributed by atoms with E-state index in [0.29, 0.717) is 16.7 Å². The standard InChI is InChI=1S/C17H30O5Si/c1-16(2,3)21-13-11-10-12-14(22-17(4,5)6)15(13)23(18-7,19-8)20-9/h10-12H,1-9H3. The minimum Gasteiger partial charge on any atom is -0.488 e. The van der Waals surface area contributed by atoms with Crippen molar-refractivity contribution in [1.29, 1.82) is 0 Å². The summed E-state index contributed by atoms with van der Waals surface area (Å²) in [5, 5.41) is 0.706. The van der Waals surface area contributed by atoms with Gasteiger partial charge >= 0.3 is 8.80 Å². The molecule has 0 spiro atoms. The van der Waals surface area contributed by atoms with Gasteiger partial charge in [-0.05, 0) is 53.7 Å². The highest BCUT2D eigenvalue weighted by molar-refractivity contribution is 6.77. The minimum atomic E-state index is -3.13. The number of rotatable bonds is 6.